The Morgan fingerprint density at radius 1 is 1.60 bits per heavy atom. The molecule has 0 aliphatic rings. The zero-order valence-corrected chi connectivity index (χ0v) is 8.47. The molecule has 5 nitrogen and oxygen atoms in total. The summed E-state index contributed by atoms with van der Waals surface area (Å²) in [4.78, 5) is 11.0. The highest BCUT2D eigenvalue weighted by Gasteiger charge is 2.15. The van der Waals surface area contributed by atoms with Crippen molar-refractivity contribution in [3.8, 4) is 0 Å². The predicted molar refractivity (Wildman–Crippen MR) is 51.3 cm³/mol. The van der Waals surface area contributed by atoms with Crippen molar-refractivity contribution >= 4 is 5.97 Å². The van der Waals surface area contributed by atoms with E-state index in [2.05, 4.69) is 4.74 Å². The Bertz CT molecular complexity index is 317. The van der Waals surface area contributed by atoms with E-state index in [-0.39, 0.29) is 12.4 Å². The van der Waals surface area contributed by atoms with Crippen molar-refractivity contribution in [3.05, 3.63) is 23.7 Å². The molecule has 0 amide bonds. The molecule has 5 heteroatoms. The van der Waals surface area contributed by atoms with Gasteiger partial charge in [-0.1, -0.05) is 0 Å². The number of aliphatic hydroxyl groups is 2. The monoisotopic (exact) mass is 214 g/mol. The molecule has 0 aliphatic heterocycles. The van der Waals surface area contributed by atoms with Gasteiger partial charge in [0.25, 0.3) is 0 Å². The molecular formula is C10H14O5. The van der Waals surface area contributed by atoms with Gasteiger partial charge >= 0.3 is 5.97 Å². The maximum Gasteiger partial charge on any atom is 0.373 e. The van der Waals surface area contributed by atoms with Crippen molar-refractivity contribution in [1.29, 1.82) is 0 Å². The summed E-state index contributed by atoms with van der Waals surface area (Å²) in [5.74, 6) is -0.199. The molecule has 1 aromatic heterocycles. The van der Waals surface area contributed by atoms with Gasteiger partial charge in [-0.3, -0.25) is 0 Å². The van der Waals surface area contributed by atoms with E-state index < -0.39 is 12.1 Å². The van der Waals surface area contributed by atoms with Gasteiger partial charge in [0.05, 0.1) is 7.11 Å². The zero-order chi connectivity index (χ0) is 11.3. The van der Waals surface area contributed by atoms with Crippen LogP contribution in [0.15, 0.2) is 16.5 Å². The van der Waals surface area contributed by atoms with Crippen LogP contribution in [0.2, 0.25) is 0 Å². The molecule has 0 saturated heterocycles. The summed E-state index contributed by atoms with van der Waals surface area (Å²) in [7, 11) is 1.26. The van der Waals surface area contributed by atoms with E-state index in [1.54, 1.807) is 0 Å². The minimum atomic E-state index is -0.796. The first kappa shape index (κ1) is 11.7. The highest BCUT2D eigenvalue weighted by atomic mass is 16.5. The van der Waals surface area contributed by atoms with Crippen LogP contribution in [0.1, 0.15) is 35.3 Å². The van der Waals surface area contributed by atoms with Crippen LogP contribution in [0.25, 0.3) is 0 Å². The summed E-state index contributed by atoms with van der Waals surface area (Å²) in [5, 5.41) is 18.1. The zero-order valence-electron chi connectivity index (χ0n) is 8.47. The van der Waals surface area contributed by atoms with Crippen molar-refractivity contribution in [2.75, 3.05) is 13.7 Å². The molecule has 0 aromatic carbocycles. The molecular weight excluding hydrogens is 200 g/mol. The number of aliphatic hydroxyl groups excluding tert-OH is 2. The fraction of sp³-hybridized carbons (Fsp3) is 0.500. The molecule has 0 saturated carbocycles. The third kappa shape index (κ3) is 3.07. The maximum atomic E-state index is 11.0. The van der Waals surface area contributed by atoms with Crippen LogP contribution in [-0.2, 0) is 4.74 Å². The lowest BCUT2D eigenvalue weighted by Gasteiger charge is -2.05. The Balaban J connectivity index is 2.62. The Labute approximate surface area is 87.3 Å². The highest BCUT2D eigenvalue weighted by Crippen LogP contribution is 2.20. The largest absolute Gasteiger partial charge is 0.463 e. The summed E-state index contributed by atoms with van der Waals surface area (Å²) >= 11 is 0. The van der Waals surface area contributed by atoms with E-state index in [1.807, 2.05) is 0 Å². The molecule has 1 atom stereocenters. The second-order valence-corrected chi connectivity index (χ2v) is 3.08. The standard InChI is InChI=1S/C10H14O5/c1-14-10(13)9-5-4-8(15-9)7(12)3-2-6-11/h4-5,7,11-12H,2-3,6H2,1H3. The van der Waals surface area contributed by atoms with Crippen LogP contribution in [0.4, 0.5) is 0 Å². The number of furan rings is 1. The quantitative estimate of drug-likeness (QED) is 0.711. The SMILES string of the molecule is COC(=O)c1ccc(C(O)CCCO)o1. The number of ether oxygens (including phenoxy) is 1. The number of carbonyl (C=O) groups excluding carboxylic acids is 1. The molecule has 84 valence electrons. The summed E-state index contributed by atoms with van der Waals surface area (Å²) in [6, 6.07) is 2.97. The summed E-state index contributed by atoms with van der Waals surface area (Å²) in [6.45, 7) is 0.0155. The average molecular weight is 214 g/mol. The van der Waals surface area contributed by atoms with Crippen LogP contribution in [0.5, 0.6) is 0 Å². The van der Waals surface area contributed by atoms with Crippen LogP contribution >= 0.6 is 0 Å². The van der Waals surface area contributed by atoms with Gasteiger partial charge in [0.1, 0.15) is 11.9 Å². The van der Waals surface area contributed by atoms with E-state index in [4.69, 9.17) is 9.52 Å². The van der Waals surface area contributed by atoms with Crippen molar-refractivity contribution < 1.29 is 24.2 Å². The molecule has 2 N–H and O–H groups in total. The minimum Gasteiger partial charge on any atom is -0.463 e. The average Bonchev–Trinajstić information content (AvgIpc) is 2.74. The van der Waals surface area contributed by atoms with Crippen molar-refractivity contribution in [3.63, 3.8) is 0 Å². The fourth-order valence-electron chi connectivity index (χ4n) is 1.17. The van der Waals surface area contributed by atoms with Crippen molar-refractivity contribution in [2.24, 2.45) is 0 Å². The minimum absolute atomic E-state index is 0.0155. The van der Waals surface area contributed by atoms with E-state index >= 15 is 0 Å². The number of rotatable bonds is 5. The number of hydrogen-bond donors (Lipinski definition) is 2. The van der Waals surface area contributed by atoms with Gasteiger partial charge in [-0.25, -0.2) is 4.79 Å². The molecule has 0 aliphatic carbocycles. The smallest absolute Gasteiger partial charge is 0.373 e. The lowest BCUT2D eigenvalue weighted by molar-refractivity contribution is 0.0552. The second-order valence-electron chi connectivity index (χ2n) is 3.08. The normalized spacial score (nSPS) is 12.5. The van der Waals surface area contributed by atoms with Gasteiger partial charge < -0.3 is 19.4 Å². The molecule has 1 aromatic rings. The van der Waals surface area contributed by atoms with Crippen molar-refractivity contribution in [2.45, 2.75) is 18.9 Å². The van der Waals surface area contributed by atoms with E-state index in [0.717, 1.165) is 0 Å². The maximum absolute atomic E-state index is 11.0. The Hall–Kier alpha value is -1.33. The van der Waals surface area contributed by atoms with Gasteiger partial charge in [0.15, 0.2) is 0 Å². The Morgan fingerprint density at radius 2 is 2.33 bits per heavy atom. The summed E-state index contributed by atoms with van der Waals surface area (Å²) in [5.41, 5.74) is 0. The first-order chi connectivity index (χ1) is 7.19. The van der Waals surface area contributed by atoms with Crippen LogP contribution in [0, 0.1) is 0 Å². The number of esters is 1. The molecule has 15 heavy (non-hydrogen) atoms. The molecule has 0 spiro atoms. The number of carbonyl (C=O) groups is 1. The Morgan fingerprint density at radius 3 is 2.93 bits per heavy atom. The van der Waals surface area contributed by atoms with E-state index in [0.29, 0.717) is 18.6 Å². The lowest BCUT2D eigenvalue weighted by atomic mass is 10.1. The van der Waals surface area contributed by atoms with E-state index in [9.17, 15) is 9.90 Å². The molecule has 0 radical (unpaired) electrons. The van der Waals surface area contributed by atoms with Gasteiger partial charge in [0.2, 0.25) is 5.76 Å². The third-order valence-corrected chi connectivity index (χ3v) is 1.98. The van der Waals surface area contributed by atoms with Crippen LogP contribution in [-0.4, -0.2) is 29.9 Å². The van der Waals surface area contributed by atoms with E-state index in [1.165, 1.54) is 19.2 Å². The first-order valence-electron chi connectivity index (χ1n) is 4.66. The first-order valence-corrected chi connectivity index (χ1v) is 4.66. The lowest BCUT2D eigenvalue weighted by Crippen LogP contribution is -2.00. The number of methoxy groups -OCH3 is 1. The second kappa shape index (κ2) is 5.53. The van der Waals surface area contributed by atoms with Gasteiger partial charge in [-0.05, 0) is 25.0 Å². The summed E-state index contributed by atoms with van der Waals surface area (Å²) < 4.78 is 9.55. The van der Waals surface area contributed by atoms with Crippen LogP contribution < -0.4 is 0 Å². The molecule has 0 bridgehead atoms. The highest BCUT2D eigenvalue weighted by molar-refractivity contribution is 5.86. The van der Waals surface area contributed by atoms with Gasteiger partial charge in [0, 0.05) is 6.61 Å². The molecule has 0 fully saturated rings. The fourth-order valence-corrected chi connectivity index (χ4v) is 1.17. The van der Waals surface area contributed by atoms with Gasteiger partial charge in [-0.2, -0.15) is 0 Å². The molecule has 1 rings (SSSR count). The topological polar surface area (TPSA) is 79.9 Å². The van der Waals surface area contributed by atoms with Gasteiger partial charge in [-0.15, -0.1) is 0 Å². The predicted octanol–water partition coefficient (Wildman–Crippen LogP) is 0.872. The van der Waals surface area contributed by atoms with Crippen LogP contribution in [0.3, 0.4) is 0 Å². The third-order valence-electron chi connectivity index (χ3n) is 1.98. The molecule has 1 heterocycles. The van der Waals surface area contributed by atoms with Crippen molar-refractivity contribution in [1.82, 2.24) is 0 Å². The summed E-state index contributed by atoms with van der Waals surface area (Å²) in [6.07, 6.45) is 0.0793. The molecule has 1 unspecified atom stereocenters. The number of hydrogen-bond acceptors (Lipinski definition) is 5. The Kier molecular flexibility index (Phi) is 4.33.